The van der Waals surface area contributed by atoms with Crippen LogP contribution in [0.2, 0.25) is 0 Å². The standard InChI is InChI=1S/C11H22N2O2.ClH/c1-3-4-15-8-11(14)13-7-10(6-12)5-9(13)2;/h9-10H,3-8,12H2,1-2H3;1H. The van der Waals surface area contributed by atoms with Crippen LogP contribution in [0.25, 0.3) is 0 Å². The van der Waals surface area contributed by atoms with Crippen molar-refractivity contribution < 1.29 is 9.53 Å². The van der Waals surface area contributed by atoms with Gasteiger partial charge >= 0.3 is 0 Å². The van der Waals surface area contributed by atoms with Gasteiger partial charge in [-0.1, -0.05) is 6.92 Å². The first-order valence-corrected chi connectivity index (χ1v) is 5.76. The van der Waals surface area contributed by atoms with Crippen molar-refractivity contribution in [2.75, 3.05) is 26.3 Å². The van der Waals surface area contributed by atoms with Gasteiger partial charge in [-0.05, 0) is 32.2 Å². The van der Waals surface area contributed by atoms with Crippen molar-refractivity contribution in [3.8, 4) is 0 Å². The maximum atomic E-state index is 11.8. The monoisotopic (exact) mass is 250 g/mol. The van der Waals surface area contributed by atoms with Gasteiger partial charge in [-0.3, -0.25) is 4.79 Å². The number of carbonyl (C=O) groups excluding carboxylic acids is 1. The van der Waals surface area contributed by atoms with E-state index in [0.717, 1.165) is 19.4 Å². The van der Waals surface area contributed by atoms with Gasteiger partial charge in [0.05, 0.1) is 0 Å². The van der Waals surface area contributed by atoms with Gasteiger partial charge in [0, 0.05) is 19.2 Å². The van der Waals surface area contributed by atoms with E-state index in [9.17, 15) is 4.79 Å². The van der Waals surface area contributed by atoms with E-state index in [1.54, 1.807) is 0 Å². The van der Waals surface area contributed by atoms with Crippen LogP contribution < -0.4 is 5.73 Å². The van der Waals surface area contributed by atoms with Gasteiger partial charge in [-0.15, -0.1) is 12.4 Å². The number of hydrogen-bond acceptors (Lipinski definition) is 3. The summed E-state index contributed by atoms with van der Waals surface area (Å²) in [5.41, 5.74) is 5.61. The molecule has 2 unspecified atom stereocenters. The predicted molar refractivity (Wildman–Crippen MR) is 66.7 cm³/mol. The third-order valence-corrected chi connectivity index (χ3v) is 2.89. The van der Waals surface area contributed by atoms with Crippen LogP contribution in [0, 0.1) is 5.92 Å². The van der Waals surface area contributed by atoms with Crippen LogP contribution in [0.3, 0.4) is 0 Å². The molecule has 0 aromatic rings. The minimum Gasteiger partial charge on any atom is -0.372 e. The van der Waals surface area contributed by atoms with E-state index in [4.69, 9.17) is 10.5 Å². The fourth-order valence-electron chi connectivity index (χ4n) is 2.05. The Morgan fingerprint density at radius 3 is 2.75 bits per heavy atom. The molecule has 0 aromatic heterocycles. The Labute approximate surface area is 104 Å². The van der Waals surface area contributed by atoms with Gasteiger partial charge in [0.15, 0.2) is 0 Å². The molecule has 0 radical (unpaired) electrons. The molecule has 1 amide bonds. The zero-order valence-electron chi connectivity index (χ0n) is 10.1. The summed E-state index contributed by atoms with van der Waals surface area (Å²) < 4.78 is 5.25. The van der Waals surface area contributed by atoms with Crippen molar-refractivity contribution in [2.45, 2.75) is 32.7 Å². The van der Waals surface area contributed by atoms with Crippen molar-refractivity contribution in [1.29, 1.82) is 0 Å². The highest BCUT2D eigenvalue weighted by atomic mass is 35.5. The van der Waals surface area contributed by atoms with E-state index < -0.39 is 0 Å². The van der Waals surface area contributed by atoms with E-state index in [2.05, 4.69) is 6.92 Å². The van der Waals surface area contributed by atoms with Gasteiger partial charge in [0.25, 0.3) is 0 Å². The molecule has 0 aromatic carbocycles. The van der Waals surface area contributed by atoms with Gasteiger partial charge in [0.2, 0.25) is 5.91 Å². The van der Waals surface area contributed by atoms with Crippen LogP contribution in [-0.4, -0.2) is 43.2 Å². The van der Waals surface area contributed by atoms with Gasteiger partial charge in [-0.25, -0.2) is 0 Å². The van der Waals surface area contributed by atoms with Crippen molar-refractivity contribution in [1.82, 2.24) is 4.90 Å². The van der Waals surface area contributed by atoms with E-state index >= 15 is 0 Å². The summed E-state index contributed by atoms with van der Waals surface area (Å²) in [7, 11) is 0. The van der Waals surface area contributed by atoms with E-state index in [-0.39, 0.29) is 24.9 Å². The molecule has 0 spiro atoms. The van der Waals surface area contributed by atoms with Crippen molar-refractivity contribution in [3.05, 3.63) is 0 Å². The lowest BCUT2D eigenvalue weighted by molar-refractivity contribution is -0.136. The summed E-state index contributed by atoms with van der Waals surface area (Å²) in [6.07, 6.45) is 1.98. The Bertz CT molecular complexity index is 214. The fourth-order valence-corrected chi connectivity index (χ4v) is 2.05. The maximum absolute atomic E-state index is 11.8. The first kappa shape index (κ1) is 15.7. The van der Waals surface area contributed by atoms with Crippen molar-refractivity contribution in [3.63, 3.8) is 0 Å². The molecular weight excluding hydrogens is 228 g/mol. The number of likely N-dealkylation sites (tertiary alicyclic amines) is 1. The first-order valence-electron chi connectivity index (χ1n) is 5.76. The number of amides is 1. The van der Waals surface area contributed by atoms with E-state index in [0.29, 0.717) is 25.1 Å². The number of halogens is 1. The second-order valence-corrected chi connectivity index (χ2v) is 4.29. The molecule has 1 saturated heterocycles. The predicted octanol–water partition coefficient (Wildman–Crippen LogP) is 1.03. The highest BCUT2D eigenvalue weighted by Gasteiger charge is 2.31. The molecule has 1 aliphatic heterocycles. The zero-order chi connectivity index (χ0) is 11.3. The number of rotatable bonds is 5. The maximum Gasteiger partial charge on any atom is 0.248 e. The molecule has 4 nitrogen and oxygen atoms in total. The quantitative estimate of drug-likeness (QED) is 0.742. The summed E-state index contributed by atoms with van der Waals surface area (Å²) in [5.74, 6) is 0.571. The molecule has 5 heteroatoms. The number of ether oxygens (including phenoxy) is 1. The molecule has 1 rings (SSSR count). The van der Waals surface area contributed by atoms with Crippen LogP contribution in [0.5, 0.6) is 0 Å². The average molecular weight is 251 g/mol. The summed E-state index contributed by atoms with van der Waals surface area (Å²) in [4.78, 5) is 13.6. The molecular formula is C11H23ClN2O2. The summed E-state index contributed by atoms with van der Waals surface area (Å²) in [6, 6.07) is 0.316. The number of carbonyl (C=O) groups is 1. The molecule has 2 atom stereocenters. The second-order valence-electron chi connectivity index (χ2n) is 4.29. The highest BCUT2D eigenvalue weighted by Crippen LogP contribution is 2.21. The fraction of sp³-hybridized carbons (Fsp3) is 0.909. The molecule has 0 bridgehead atoms. The average Bonchev–Trinajstić information content (AvgIpc) is 2.60. The molecule has 1 aliphatic rings. The molecule has 0 saturated carbocycles. The lowest BCUT2D eigenvalue weighted by atomic mass is 10.1. The van der Waals surface area contributed by atoms with Crippen molar-refractivity contribution in [2.24, 2.45) is 11.7 Å². The lowest BCUT2D eigenvalue weighted by Crippen LogP contribution is -2.37. The molecule has 16 heavy (non-hydrogen) atoms. The van der Waals surface area contributed by atoms with Crippen LogP contribution in [0.1, 0.15) is 26.7 Å². The number of hydrogen-bond donors (Lipinski definition) is 1. The molecule has 0 aliphatic carbocycles. The van der Waals surface area contributed by atoms with Crippen LogP contribution >= 0.6 is 12.4 Å². The topological polar surface area (TPSA) is 55.6 Å². The summed E-state index contributed by atoms with van der Waals surface area (Å²) in [5, 5.41) is 0. The minimum atomic E-state index is 0. The normalized spacial score (nSPS) is 24.3. The molecule has 1 heterocycles. The highest BCUT2D eigenvalue weighted by molar-refractivity contribution is 5.85. The first-order chi connectivity index (χ1) is 7.19. The Morgan fingerprint density at radius 1 is 1.56 bits per heavy atom. The van der Waals surface area contributed by atoms with E-state index in [1.165, 1.54) is 0 Å². The SMILES string of the molecule is CCCOCC(=O)N1CC(CN)CC1C.Cl. The largest absolute Gasteiger partial charge is 0.372 e. The smallest absolute Gasteiger partial charge is 0.248 e. The summed E-state index contributed by atoms with van der Waals surface area (Å²) in [6.45, 7) is 6.46. The van der Waals surface area contributed by atoms with Gasteiger partial charge in [0.1, 0.15) is 6.61 Å². The zero-order valence-corrected chi connectivity index (χ0v) is 11.0. The van der Waals surface area contributed by atoms with Crippen molar-refractivity contribution >= 4 is 18.3 Å². The number of nitrogens with zero attached hydrogens (tertiary/aromatic N) is 1. The minimum absolute atomic E-state index is 0. The van der Waals surface area contributed by atoms with Gasteiger partial charge < -0.3 is 15.4 Å². The number of nitrogens with two attached hydrogens (primary N) is 1. The third-order valence-electron chi connectivity index (χ3n) is 2.89. The lowest BCUT2D eigenvalue weighted by Gasteiger charge is -2.21. The third kappa shape index (κ3) is 4.28. The van der Waals surface area contributed by atoms with Crippen LogP contribution in [0.4, 0.5) is 0 Å². The van der Waals surface area contributed by atoms with Crippen LogP contribution in [0.15, 0.2) is 0 Å². The Balaban J connectivity index is 0.00000225. The molecule has 1 fully saturated rings. The van der Waals surface area contributed by atoms with Crippen LogP contribution in [-0.2, 0) is 9.53 Å². The Hall–Kier alpha value is -0.320. The molecule has 96 valence electrons. The van der Waals surface area contributed by atoms with E-state index in [1.807, 2.05) is 11.8 Å². The Kier molecular flexibility index (Phi) is 7.72. The second kappa shape index (κ2) is 7.87. The molecule has 2 N–H and O–H groups in total. The Morgan fingerprint density at radius 2 is 2.25 bits per heavy atom. The summed E-state index contributed by atoms with van der Waals surface area (Å²) >= 11 is 0. The van der Waals surface area contributed by atoms with Gasteiger partial charge in [-0.2, -0.15) is 0 Å².